The third-order valence-electron chi connectivity index (χ3n) is 2.71. The van der Waals surface area contributed by atoms with E-state index in [1.807, 2.05) is 32.9 Å². The van der Waals surface area contributed by atoms with Gasteiger partial charge in [0.05, 0.1) is 5.01 Å². The van der Waals surface area contributed by atoms with Crippen LogP contribution in [0.4, 0.5) is 11.4 Å². The van der Waals surface area contributed by atoms with E-state index in [2.05, 4.69) is 10.3 Å². The van der Waals surface area contributed by atoms with E-state index in [0.717, 1.165) is 27.5 Å². The molecule has 94 valence electrons. The fourth-order valence-corrected chi connectivity index (χ4v) is 2.22. The number of amides is 1. The minimum absolute atomic E-state index is 0.188. The zero-order valence-electron chi connectivity index (χ0n) is 10.6. The van der Waals surface area contributed by atoms with E-state index < -0.39 is 0 Å². The molecule has 1 aromatic heterocycles. The molecule has 0 atom stereocenters. The Hall–Kier alpha value is -1.88. The van der Waals surface area contributed by atoms with Gasteiger partial charge >= 0.3 is 0 Å². The van der Waals surface area contributed by atoms with E-state index in [1.165, 1.54) is 11.3 Å². The van der Waals surface area contributed by atoms with Crippen LogP contribution in [0.3, 0.4) is 0 Å². The molecule has 18 heavy (non-hydrogen) atoms. The standard InChI is InChI=1S/C13H15N3OS/c1-7-5-11(8(2)4-10(7)14)16-13(17)12-6-18-9(3)15-12/h4-6H,14H2,1-3H3,(H,16,17). The average molecular weight is 261 g/mol. The Morgan fingerprint density at radius 2 is 2.00 bits per heavy atom. The molecule has 0 aliphatic heterocycles. The lowest BCUT2D eigenvalue weighted by Gasteiger charge is -2.10. The van der Waals surface area contributed by atoms with Gasteiger partial charge in [0.2, 0.25) is 0 Å². The summed E-state index contributed by atoms with van der Waals surface area (Å²) in [7, 11) is 0. The highest BCUT2D eigenvalue weighted by Crippen LogP contribution is 2.22. The predicted octanol–water partition coefficient (Wildman–Crippen LogP) is 2.90. The topological polar surface area (TPSA) is 68.0 Å². The molecule has 0 unspecified atom stereocenters. The number of carbonyl (C=O) groups excluding carboxylic acids is 1. The number of aromatic nitrogens is 1. The van der Waals surface area contributed by atoms with Gasteiger partial charge in [-0.1, -0.05) is 0 Å². The maximum atomic E-state index is 12.0. The molecule has 0 saturated carbocycles. The Kier molecular flexibility index (Phi) is 3.34. The Bertz CT molecular complexity index is 604. The van der Waals surface area contributed by atoms with Crippen molar-refractivity contribution in [1.82, 2.24) is 4.98 Å². The Morgan fingerprint density at radius 1 is 1.28 bits per heavy atom. The number of hydrogen-bond acceptors (Lipinski definition) is 4. The van der Waals surface area contributed by atoms with Crippen molar-refractivity contribution >= 4 is 28.6 Å². The normalized spacial score (nSPS) is 10.4. The second kappa shape index (κ2) is 4.78. The first kappa shape index (κ1) is 12.6. The van der Waals surface area contributed by atoms with Crippen molar-refractivity contribution in [2.24, 2.45) is 0 Å². The predicted molar refractivity (Wildman–Crippen MR) is 75.1 cm³/mol. The molecule has 4 nitrogen and oxygen atoms in total. The van der Waals surface area contributed by atoms with Crippen molar-refractivity contribution in [2.75, 3.05) is 11.1 Å². The van der Waals surface area contributed by atoms with Crippen LogP contribution in [0.1, 0.15) is 26.6 Å². The number of anilines is 2. The SMILES string of the molecule is Cc1nc(C(=O)Nc2cc(C)c(N)cc2C)cs1. The summed E-state index contributed by atoms with van der Waals surface area (Å²) >= 11 is 1.46. The van der Waals surface area contributed by atoms with Crippen molar-refractivity contribution < 1.29 is 4.79 Å². The summed E-state index contributed by atoms with van der Waals surface area (Å²) in [6.07, 6.45) is 0. The largest absolute Gasteiger partial charge is 0.399 e. The van der Waals surface area contributed by atoms with Crippen LogP contribution < -0.4 is 11.1 Å². The van der Waals surface area contributed by atoms with Gasteiger partial charge in [-0.05, 0) is 44.0 Å². The first-order valence-corrected chi connectivity index (χ1v) is 6.45. The minimum atomic E-state index is -0.188. The third-order valence-corrected chi connectivity index (χ3v) is 3.49. The number of nitrogens with zero attached hydrogens (tertiary/aromatic N) is 1. The molecular weight excluding hydrogens is 246 g/mol. The Balaban J connectivity index is 2.24. The van der Waals surface area contributed by atoms with Gasteiger partial charge in [0.15, 0.2) is 0 Å². The molecule has 2 aromatic rings. The zero-order chi connectivity index (χ0) is 13.3. The van der Waals surface area contributed by atoms with Crippen molar-refractivity contribution in [2.45, 2.75) is 20.8 Å². The van der Waals surface area contributed by atoms with E-state index in [4.69, 9.17) is 5.73 Å². The Labute approximate surface area is 110 Å². The van der Waals surface area contributed by atoms with Crippen molar-refractivity contribution in [3.05, 3.63) is 39.3 Å². The van der Waals surface area contributed by atoms with Crippen LogP contribution in [0.5, 0.6) is 0 Å². The first-order chi connectivity index (χ1) is 8.47. The molecule has 0 aliphatic carbocycles. The number of carbonyl (C=O) groups is 1. The molecule has 1 heterocycles. The summed E-state index contributed by atoms with van der Waals surface area (Å²) in [6.45, 7) is 5.70. The van der Waals surface area contributed by atoms with Crippen LogP contribution in [-0.2, 0) is 0 Å². The molecule has 0 aliphatic rings. The highest BCUT2D eigenvalue weighted by atomic mass is 32.1. The molecule has 3 N–H and O–H groups in total. The zero-order valence-corrected chi connectivity index (χ0v) is 11.4. The molecule has 1 amide bonds. The van der Waals surface area contributed by atoms with E-state index in [-0.39, 0.29) is 5.91 Å². The summed E-state index contributed by atoms with van der Waals surface area (Å²) in [5.74, 6) is -0.188. The van der Waals surface area contributed by atoms with Gasteiger partial charge in [-0.15, -0.1) is 11.3 Å². The minimum Gasteiger partial charge on any atom is -0.399 e. The molecule has 5 heteroatoms. The van der Waals surface area contributed by atoms with E-state index in [0.29, 0.717) is 5.69 Å². The number of thiazole rings is 1. The maximum Gasteiger partial charge on any atom is 0.275 e. The monoisotopic (exact) mass is 261 g/mol. The summed E-state index contributed by atoms with van der Waals surface area (Å²) in [6, 6.07) is 3.74. The molecule has 0 bridgehead atoms. The van der Waals surface area contributed by atoms with Crippen molar-refractivity contribution in [3.8, 4) is 0 Å². The van der Waals surface area contributed by atoms with Gasteiger partial charge < -0.3 is 11.1 Å². The summed E-state index contributed by atoms with van der Waals surface area (Å²) < 4.78 is 0. The number of nitrogens with one attached hydrogen (secondary N) is 1. The van der Waals surface area contributed by atoms with Crippen molar-refractivity contribution in [1.29, 1.82) is 0 Å². The van der Waals surface area contributed by atoms with Gasteiger partial charge in [-0.3, -0.25) is 4.79 Å². The molecule has 0 fully saturated rings. The molecular formula is C13H15N3OS. The van der Waals surface area contributed by atoms with Gasteiger partial charge in [0, 0.05) is 16.8 Å². The summed E-state index contributed by atoms with van der Waals surface area (Å²) in [4.78, 5) is 16.1. The van der Waals surface area contributed by atoms with Crippen LogP contribution in [0.2, 0.25) is 0 Å². The highest BCUT2D eigenvalue weighted by molar-refractivity contribution is 7.09. The lowest BCUT2D eigenvalue weighted by molar-refractivity contribution is 0.102. The van der Waals surface area contributed by atoms with Gasteiger partial charge in [0.25, 0.3) is 5.91 Å². The first-order valence-electron chi connectivity index (χ1n) is 5.57. The Morgan fingerprint density at radius 3 is 2.61 bits per heavy atom. The third kappa shape index (κ3) is 2.51. The fraction of sp³-hybridized carbons (Fsp3) is 0.231. The van der Waals surface area contributed by atoms with E-state index in [9.17, 15) is 4.79 Å². The number of rotatable bonds is 2. The smallest absolute Gasteiger partial charge is 0.275 e. The summed E-state index contributed by atoms with van der Waals surface area (Å²) in [5.41, 5.74) is 9.66. The number of nitrogens with two attached hydrogens (primary N) is 1. The maximum absolute atomic E-state index is 12.0. The van der Waals surface area contributed by atoms with Gasteiger partial charge in [0.1, 0.15) is 5.69 Å². The molecule has 0 saturated heterocycles. The van der Waals surface area contributed by atoms with Crippen LogP contribution in [0.15, 0.2) is 17.5 Å². The van der Waals surface area contributed by atoms with Crippen LogP contribution >= 0.6 is 11.3 Å². The van der Waals surface area contributed by atoms with Crippen molar-refractivity contribution in [3.63, 3.8) is 0 Å². The van der Waals surface area contributed by atoms with Crippen LogP contribution in [-0.4, -0.2) is 10.9 Å². The number of nitrogen functional groups attached to an aromatic ring is 1. The lowest BCUT2D eigenvalue weighted by atomic mass is 10.1. The summed E-state index contributed by atoms with van der Waals surface area (Å²) in [5, 5.41) is 5.49. The highest BCUT2D eigenvalue weighted by Gasteiger charge is 2.11. The number of aryl methyl sites for hydroxylation is 3. The second-order valence-corrected chi connectivity index (χ2v) is 5.29. The van der Waals surface area contributed by atoms with Gasteiger partial charge in [-0.25, -0.2) is 4.98 Å². The van der Waals surface area contributed by atoms with Gasteiger partial charge in [-0.2, -0.15) is 0 Å². The molecule has 1 aromatic carbocycles. The van der Waals surface area contributed by atoms with Crippen LogP contribution in [0.25, 0.3) is 0 Å². The second-order valence-electron chi connectivity index (χ2n) is 4.23. The number of benzene rings is 1. The quantitative estimate of drug-likeness (QED) is 0.817. The van der Waals surface area contributed by atoms with Crippen LogP contribution in [0, 0.1) is 20.8 Å². The van der Waals surface area contributed by atoms with E-state index >= 15 is 0 Å². The molecule has 0 spiro atoms. The number of hydrogen-bond donors (Lipinski definition) is 2. The fourth-order valence-electron chi connectivity index (χ4n) is 1.63. The molecule has 2 rings (SSSR count). The average Bonchev–Trinajstić information content (AvgIpc) is 2.73. The van der Waals surface area contributed by atoms with E-state index in [1.54, 1.807) is 5.38 Å². The molecule has 0 radical (unpaired) electrons. The lowest BCUT2D eigenvalue weighted by Crippen LogP contribution is -2.13.